The molecule has 0 aromatic carbocycles. The van der Waals surface area contributed by atoms with Gasteiger partial charge in [-0.15, -0.1) is 0 Å². The molecule has 1 saturated carbocycles. The Morgan fingerprint density at radius 1 is 1.22 bits per heavy atom. The van der Waals surface area contributed by atoms with E-state index in [0.717, 1.165) is 32.1 Å². The van der Waals surface area contributed by atoms with Crippen molar-refractivity contribution in [3.63, 3.8) is 0 Å². The lowest BCUT2D eigenvalue weighted by molar-refractivity contribution is -0.168. The SMILES string of the molecule is C=C(C)C(=O)OCC.CCC(C)(C)C(=O)OC1CCCCC1O. The molecule has 0 aromatic heterocycles. The van der Waals surface area contributed by atoms with Gasteiger partial charge in [-0.25, -0.2) is 4.79 Å². The molecular weight excluding hydrogens is 296 g/mol. The summed E-state index contributed by atoms with van der Waals surface area (Å²) < 4.78 is 9.94. The second kappa shape index (κ2) is 10.4. The molecule has 23 heavy (non-hydrogen) atoms. The van der Waals surface area contributed by atoms with Crippen LogP contribution in [-0.4, -0.2) is 35.9 Å². The van der Waals surface area contributed by atoms with E-state index in [1.54, 1.807) is 13.8 Å². The van der Waals surface area contributed by atoms with Crippen LogP contribution in [-0.2, 0) is 19.1 Å². The quantitative estimate of drug-likeness (QED) is 0.618. The fourth-order valence-corrected chi connectivity index (χ4v) is 1.91. The largest absolute Gasteiger partial charge is 0.463 e. The molecule has 5 nitrogen and oxygen atoms in total. The zero-order chi connectivity index (χ0) is 18.0. The van der Waals surface area contributed by atoms with E-state index < -0.39 is 11.5 Å². The molecule has 0 saturated heterocycles. The van der Waals surface area contributed by atoms with Crippen molar-refractivity contribution in [2.75, 3.05) is 6.61 Å². The fourth-order valence-electron chi connectivity index (χ4n) is 1.91. The molecule has 5 heteroatoms. The van der Waals surface area contributed by atoms with Gasteiger partial charge in [0.2, 0.25) is 0 Å². The van der Waals surface area contributed by atoms with Gasteiger partial charge in [0.25, 0.3) is 0 Å². The van der Waals surface area contributed by atoms with Gasteiger partial charge in [0.1, 0.15) is 6.10 Å². The summed E-state index contributed by atoms with van der Waals surface area (Å²) in [6.07, 6.45) is 3.65. The first kappa shape index (κ1) is 21.6. The van der Waals surface area contributed by atoms with Crippen LogP contribution in [0.25, 0.3) is 0 Å². The Morgan fingerprint density at radius 2 is 1.78 bits per heavy atom. The Kier molecular flexibility index (Phi) is 9.80. The predicted octanol–water partition coefficient (Wildman–Crippen LogP) is 3.39. The third kappa shape index (κ3) is 8.16. The van der Waals surface area contributed by atoms with Crippen molar-refractivity contribution in [1.82, 2.24) is 0 Å². The van der Waals surface area contributed by atoms with Crippen LogP contribution in [0, 0.1) is 5.41 Å². The van der Waals surface area contributed by atoms with Crippen LogP contribution in [0.3, 0.4) is 0 Å². The van der Waals surface area contributed by atoms with E-state index in [2.05, 4.69) is 11.3 Å². The molecule has 0 heterocycles. The highest BCUT2D eigenvalue weighted by atomic mass is 16.6. The third-order valence-corrected chi connectivity index (χ3v) is 3.99. The van der Waals surface area contributed by atoms with Gasteiger partial charge >= 0.3 is 11.9 Å². The van der Waals surface area contributed by atoms with Crippen molar-refractivity contribution >= 4 is 11.9 Å². The molecule has 0 aromatic rings. The molecule has 1 N–H and O–H groups in total. The summed E-state index contributed by atoms with van der Waals surface area (Å²) in [5.74, 6) is -0.497. The van der Waals surface area contributed by atoms with Crippen LogP contribution in [0.4, 0.5) is 0 Å². The van der Waals surface area contributed by atoms with Crippen LogP contribution in [0.1, 0.15) is 66.7 Å². The van der Waals surface area contributed by atoms with Crippen molar-refractivity contribution in [3.8, 4) is 0 Å². The molecule has 0 spiro atoms. The number of aliphatic hydroxyl groups is 1. The smallest absolute Gasteiger partial charge is 0.333 e. The van der Waals surface area contributed by atoms with Gasteiger partial charge in [0.15, 0.2) is 0 Å². The van der Waals surface area contributed by atoms with Gasteiger partial charge in [0.05, 0.1) is 18.1 Å². The van der Waals surface area contributed by atoms with Crippen LogP contribution >= 0.6 is 0 Å². The second-order valence-electron chi connectivity index (χ2n) is 6.53. The normalized spacial score (nSPS) is 20.8. The molecule has 2 atom stereocenters. The molecule has 0 amide bonds. The van der Waals surface area contributed by atoms with Gasteiger partial charge in [-0.05, 0) is 53.4 Å². The highest BCUT2D eigenvalue weighted by Gasteiger charge is 2.33. The lowest BCUT2D eigenvalue weighted by Gasteiger charge is -2.30. The highest BCUT2D eigenvalue weighted by molar-refractivity contribution is 5.86. The number of esters is 2. The molecular formula is C18H32O5. The van der Waals surface area contributed by atoms with E-state index in [9.17, 15) is 14.7 Å². The van der Waals surface area contributed by atoms with Crippen LogP contribution in [0.2, 0.25) is 0 Å². The molecule has 1 rings (SSSR count). The lowest BCUT2D eigenvalue weighted by atomic mass is 9.89. The standard InChI is InChI=1S/C12H22O3.C6H10O2/c1-4-12(2,3)11(14)15-10-8-6-5-7-9(10)13;1-4-8-6(7)5(2)3/h9-10,13H,4-8H2,1-3H3;2,4H2,1,3H3. The van der Waals surface area contributed by atoms with Gasteiger partial charge in [0, 0.05) is 5.57 Å². The molecule has 1 aliphatic carbocycles. The number of ether oxygens (including phenoxy) is 2. The van der Waals surface area contributed by atoms with Crippen molar-refractivity contribution in [1.29, 1.82) is 0 Å². The summed E-state index contributed by atoms with van der Waals surface area (Å²) in [4.78, 5) is 22.2. The van der Waals surface area contributed by atoms with Gasteiger partial charge in [-0.3, -0.25) is 4.79 Å². The Bertz CT molecular complexity index is 400. The maximum absolute atomic E-state index is 11.8. The van der Waals surface area contributed by atoms with Crippen molar-refractivity contribution in [2.45, 2.75) is 78.9 Å². The van der Waals surface area contributed by atoms with Crippen LogP contribution in [0.5, 0.6) is 0 Å². The van der Waals surface area contributed by atoms with Crippen LogP contribution in [0.15, 0.2) is 12.2 Å². The Labute approximate surface area is 140 Å². The molecule has 1 fully saturated rings. The molecule has 134 valence electrons. The van der Waals surface area contributed by atoms with Gasteiger partial charge < -0.3 is 14.6 Å². The maximum atomic E-state index is 11.8. The van der Waals surface area contributed by atoms with Crippen LogP contribution < -0.4 is 0 Å². The van der Waals surface area contributed by atoms with E-state index in [1.807, 2.05) is 20.8 Å². The Balaban J connectivity index is 0.000000515. The predicted molar refractivity (Wildman–Crippen MR) is 89.9 cm³/mol. The van der Waals surface area contributed by atoms with Gasteiger partial charge in [-0.2, -0.15) is 0 Å². The van der Waals surface area contributed by atoms with Crippen molar-refractivity contribution in [3.05, 3.63) is 12.2 Å². The third-order valence-electron chi connectivity index (χ3n) is 3.99. The van der Waals surface area contributed by atoms with Crippen molar-refractivity contribution < 1.29 is 24.2 Å². The minimum Gasteiger partial charge on any atom is -0.463 e. The summed E-state index contributed by atoms with van der Waals surface area (Å²) in [6.45, 7) is 12.9. The Morgan fingerprint density at radius 3 is 2.17 bits per heavy atom. The zero-order valence-corrected chi connectivity index (χ0v) is 15.2. The average Bonchev–Trinajstić information content (AvgIpc) is 2.50. The number of hydrogen-bond donors (Lipinski definition) is 1. The summed E-state index contributed by atoms with van der Waals surface area (Å²) in [5.41, 5.74) is 0.0174. The summed E-state index contributed by atoms with van der Waals surface area (Å²) in [5, 5.41) is 9.68. The monoisotopic (exact) mass is 328 g/mol. The number of carbonyl (C=O) groups is 2. The maximum Gasteiger partial charge on any atom is 0.333 e. The minimum absolute atomic E-state index is 0.184. The zero-order valence-electron chi connectivity index (χ0n) is 15.2. The van der Waals surface area contributed by atoms with E-state index in [4.69, 9.17) is 4.74 Å². The molecule has 0 aliphatic heterocycles. The number of rotatable bonds is 5. The van der Waals surface area contributed by atoms with E-state index in [0.29, 0.717) is 12.2 Å². The summed E-state index contributed by atoms with van der Waals surface area (Å²) in [7, 11) is 0. The molecule has 0 bridgehead atoms. The van der Waals surface area contributed by atoms with Gasteiger partial charge in [-0.1, -0.05) is 19.9 Å². The average molecular weight is 328 g/mol. The van der Waals surface area contributed by atoms with E-state index >= 15 is 0 Å². The first-order valence-corrected chi connectivity index (χ1v) is 8.37. The molecule has 2 unspecified atom stereocenters. The van der Waals surface area contributed by atoms with Crippen molar-refractivity contribution in [2.24, 2.45) is 5.41 Å². The topological polar surface area (TPSA) is 72.8 Å². The number of carbonyl (C=O) groups excluding carboxylic acids is 2. The number of hydrogen-bond acceptors (Lipinski definition) is 5. The minimum atomic E-state index is -0.463. The first-order valence-electron chi connectivity index (χ1n) is 8.37. The molecule has 0 radical (unpaired) electrons. The van der Waals surface area contributed by atoms with E-state index in [1.165, 1.54) is 0 Å². The molecule has 1 aliphatic rings. The number of aliphatic hydroxyl groups excluding tert-OH is 1. The second-order valence-corrected chi connectivity index (χ2v) is 6.53. The highest BCUT2D eigenvalue weighted by Crippen LogP contribution is 2.27. The summed E-state index contributed by atoms with van der Waals surface area (Å²) in [6, 6.07) is 0. The lowest BCUT2D eigenvalue weighted by Crippen LogP contribution is -2.38. The Hall–Kier alpha value is -1.36. The first-order chi connectivity index (χ1) is 10.7. The summed E-state index contributed by atoms with van der Waals surface area (Å²) >= 11 is 0. The fraction of sp³-hybridized carbons (Fsp3) is 0.778. The van der Waals surface area contributed by atoms with E-state index in [-0.39, 0.29) is 18.0 Å².